The minimum Gasteiger partial charge on any atom is -0.377 e. The molecule has 2 aliphatic rings. The average molecular weight is 256 g/mol. The van der Waals surface area contributed by atoms with Gasteiger partial charge in [0.2, 0.25) is 5.91 Å². The Kier molecular flexibility index (Phi) is 4.59. The zero-order chi connectivity index (χ0) is 13.1. The summed E-state index contributed by atoms with van der Waals surface area (Å²) in [5.74, 6) is 0.0900. The molecule has 0 aromatic rings. The lowest BCUT2D eigenvalue weighted by Gasteiger charge is -2.44. The van der Waals surface area contributed by atoms with E-state index in [1.165, 1.54) is 0 Å². The van der Waals surface area contributed by atoms with Crippen LogP contribution < -0.4 is 10.6 Å². The van der Waals surface area contributed by atoms with E-state index in [-0.39, 0.29) is 30.2 Å². The van der Waals surface area contributed by atoms with E-state index in [4.69, 9.17) is 9.47 Å². The van der Waals surface area contributed by atoms with Gasteiger partial charge in [-0.3, -0.25) is 4.79 Å². The van der Waals surface area contributed by atoms with E-state index in [9.17, 15) is 4.79 Å². The summed E-state index contributed by atoms with van der Waals surface area (Å²) in [7, 11) is 1.69. The van der Waals surface area contributed by atoms with Crippen molar-refractivity contribution in [1.29, 1.82) is 0 Å². The summed E-state index contributed by atoms with van der Waals surface area (Å²) in [6.45, 7) is 4.59. The minimum absolute atomic E-state index is 0.0566. The maximum atomic E-state index is 11.8. The summed E-state index contributed by atoms with van der Waals surface area (Å²) in [6.07, 6.45) is 3.37. The molecule has 18 heavy (non-hydrogen) atoms. The molecule has 0 saturated heterocycles. The summed E-state index contributed by atoms with van der Waals surface area (Å²) in [6, 6.07) is 0.458. The number of methoxy groups -OCH3 is 1. The first-order valence-corrected chi connectivity index (χ1v) is 6.86. The van der Waals surface area contributed by atoms with Gasteiger partial charge in [-0.2, -0.15) is 0 Å². The van der Waals surface area contributed by atoms with Crippen molar-refractivity contribution in [3.63, 3.8) is 0 Å². The molecule has 0 bridgehead atoms. The van der Waals surface area contributed by atoms with Crippen LogP contribution in [0.1, 0.15) is 33.1 Å². The van der Waals surface area contributed by atoms with Gasteiger partial charge >= 0.3 is 0 Å². The maximum Gasteiger partial charge on any atom is 0.237 e. The van der Waals surface area contributed by atoms with Crippen LogP contribution in [0.25, 0.3) is 0 Å². The highest BCUT2D eigenvalue weighted by atomic mass is 16.5. The van der Waals surface area contributed by atoms with Crippen LogP contribution in [0.15, 0.2) is 0 Å². The molecule has 104 valence electrons. The predicted octanol–water partition coefficient (Wildman–Crippen LogP) is 0.436. The Labute approximate surface area is 109 Å². The van der Waals surface area contributed by atoms with E-state index >= 15 is 0 Å². The van der Waals surface area contributed by atoms with Gasteiger partial charge in [0.05, 0.1) is 18.2 Å². The Morgan fingerprint density at radius 3 is 2.72 bits per heavy atom. The highest BCUT2D eigenvalue weighted by Gasteiger charge is 2.43. The molecule has 0 aromatic carbocycles. The van der Waals surface area contributed by atoms with Crippen molar-refractivity contribution in [2.24, 2.45) is 0 Å². The molecule has 0 aromatic heterocycles. The molecule has 2 saturated carbocycles. The topological polar surface area (TPSA) is 59.6 Å². The number of ether oxygens (including phenoxy) is 2. The Balaban J connectivity index is 1.73. The number of amides is 1. The van der Waals surface area contributed by atoms with E-state index in [1.807, 2.05) is 13.8 Å². The number of carbonyl (C=O) groups excluding carboxylic acids is 1. The fourth-order valence-corrected chi connectivity index (χ4v) is 2.39. The third-order valence-corrected chi connectivity index (χ3v) is 3.68. The normalized spacial score (nSPS) is 32.7. The first kappa shape index (κ1) is 13.8. The molecule has 4 atom stereocenters. The first-order valence-electron chi connectivity index (χ1n) is 6.86. The van der Waals surface area contributed by atoms with E-state index in [2.05, 4.69) is 10.6 Å². The molecule has 2 rings (SSSR count). The second kappa shape index (κ2) is 5.99. The fourth-order valence-electron chi connectivity index (χ4n) is 2.39. The molecule has 0 radical (unpaired) electrons. The molecular formula is C13H24N2O3. The van der Waals surface area contributed by atoms with Crippen LogP contribution >= 0.6 is 0 Å². The third kappa shape index (κ3) is 3.22. The standard InChI is InChI=1S/C13H24N2O3/c1-4-18-11-7-10(12(11)17-3)14-8(2)13(16)15-9-5-6-9/h8-12,14H,4-7H2,1-3H3,(H,15,16). The molecule has 0 spiro atoms. The van der Waals surface area contributed by atoms with Crippen molar-refractivity contribution >= 4 is 5.91 Å². The van der Waals surface area contributed by atoms with Crippen LogP contribution in [0.5, 0.6) is 0 Å². The van der Waals surface area contributed by atoms with Crippen LogP contribution in [-0.4, -0.2) is 50.0 Å². The highest BCUT2D eigenvalue weighted by molar-refractivity contribution is 5.81. The first-order chi connectivity index (χ1) is 8.65. The molecule has 2 N–H and O–H groups in total. The molecule has 2 aliphatic carbocycles. The van der Waals surface area contributed by atoms with E-state index in [1.54, 1.807) is 7.11 Å². The molecule has 0 heterocycles. The quantitative estimate of drug-likeness (QED) is 0.694. The lowest BCUT2D eigenvalue weighted by atomic mass is 9.84. The van der Waals surface area contributed by atoms with Crippen molar-refractivity contribution in [2.75, 3.05) is 13.7 Å². The molecule has 1 amide bonds. The van der Waals surface area contributed by atoms with Gasteiger partial charge in [0.25, 0.3) is 0 Å². The Hall–Kier alpha value is -0.650. The van der Waals surface area contributed by atoms with Gasteiger partial charge < -0.3 is 20.1 Å². The van der Waals surface area contributed by atoms with Crippen LogP contribution in [0.3, 0.4) is 0 Å². The van der Waals surface area contributed by atoms with E-state index in [0.29, 0.717) is 12.6 Å². The number of rotatable bonds is 7. The van der Waals surface area contributed by atoms with Gasteiger partial charge in [-0.15, -0.1) is 0 Å². The van der Waals surface area contributed by atoms with Crippen molar-refractivity contribution in [3.8, 4) is 0 Å². The number of carbonyl (C=O) groups is 1. The minimum atomic E-state index is -0.171. The van der Waals surface area contributed by atoms with Gasteiger partial charge in [-0.1, -0.05) is 0 Å². The summed E-state index contributed by atoms with van der Waals surface area (Å²) < 4.78 is 11.0. The lowest BCUT2D eigenvalue weighted by Crippen LogP contribution is -2.63. The molecule has 4 unspecified atom stereocenters. The van der Waals surface area contributed by atoms with Gasteiger partial charge in [-0.25, -0.2) is 0 Å². The SMILES string of the molecule is CCOC1CC(NC(C)C(=O)NC2CC2)C1OC. The van der Waals surface area contributed by atoms with Gasteiger partial charge in [0.1, 0.15) is 0 Å². The number of hydrogen-bond donors (Lipinski definition) is 2. The van der Waals surface area contributed by atoms with Crippen molar-refractivity contribution < 1.29 is 14.3 Å². The van der Waals surface area contributed by atoms with Crippen molar-refractivity contribution in [1.82, 2.24) is 10.6 Å². The van der Waals surface area contributed by atoms with Crippen LogP contribution in [0.4, 0.5) is 0 Å². The van der Waals surface area contributed by atoms with Crippen LogP contribution in [0.2, 0.25) is 0 Å². The Morgan fingerprint density at radius 1 is 1.44 bits per heavy atom. The predicted molar refractivity (Wildman–Crippen MR) is 68.4 cm³/mol. The molecule has 5 nitrogen and oxygen atoms in total. The third-order valence-electron chi connectivity index (χ3n) is 3.68. The second-order valence-electron chi connectivity index (χ2n) is 5.21. The van der Waals surface area contributed by atoms with Gasteiger partial charge in [0.15, 0.2) is 0 Å². The number of nitrogens with one attached hydrogen (secondary N) is 2. The smallest absolute Gasteiger partial charge is 0.237 e. The molecule has 2 fully saturated rings. The summed E-state index contributed by atoms with van der Waals surface area (Å²) in [5.41, 5.74) is 0. The van der Waals surface area contributed by atoms with Gasteiger partial charge in [0, 0.05) is 25.8 Å². The molecule has 5 heteroatoms. The lowest BCUT2D eigenvalue weighted by molar-refractivity contribution is -0.138. The van der Waals surface area contributed by atoms with Gasteiger partial charge in [-0.05, 0) is 33.1 Å². The zero-order valence-corrected chi connectivity index (χ0v) is 11.4. The van der Waals surface area contributed by atoms with Crippen molar-refractivity contribution in [3.05, 3.63) is 0 Å². The largest absolute Gasteiger partial charge is 0.377 e. The fraction of sp³-hybridized carbons (Fsp3) is 0.923. The van der Waals surface area contributed by atoms with E-state index < -0.39 is 0 Å². The van der Waals surface area contributed by atoms with Crippen LogP contribution in [0, 0.1) is 0 Å². The highest BCUT2D eigenvalue weighted by Crippen LogP contribution is 2.27. The van der Waals surface area contributed by atoms with Crippen LogP contribution in [-0.2, 0) is 14.3 Å². The molecule has 0 aliphatic heterocycles. The Morgan fingerprint density at radius 2 is 2.17 bits per heavy atom. The number of hydrogen-bond acceptors (Lipinski definition) is 4. The monoisotopic (exact) mass is 256 g/mol. The summed E-state index contributed by atoms with van der Waals surface area (Å²) in [4.78, 5) is 11.8. The zero-order valence-electron chi connectivity index (χ0n) is 11.4. The van der Waals surface area contributed by atoms with E-state index in [0.717, 1.165) is 19.3 Å². The second-order valence-corrected chi connectivity index (χ2v) is 5.21. The summed E-state index contributed by atoms with van der Waals surface area (Å²) in [5, 5.41) is 6.32. The average Bonchev–Trinajstić information content (AvgIpc) is 3.11. The Bertz CT molecular complexity index is 294. The van der Waals surface area contributed by atoms with Crippen molar-refractivity contribution in [2.45, 2.75) is 63.4 Å². The molecular weight excluding hydrogens is 232 g/mol. The summed E-state index contributed by atoms with van der Waals surface area (Å²) >= 11 is 0. The maximum absolute atomic E-state index is 11.8.